The van der Waals surface area contributed by atoms with Gasteiger partial charge < -0.3 is 0 Å². The molecule has 21 heavy (non-hydrogen) atoms. The Morgan fingerprint density at radius 2 is 1.43 bits per heavy atom. The molecule has 1 aliphatic carbocycles. The van der Waals surface area contributed by atoms with Crippen molar-refractivity contribution < 1.29 is 0 Å². The summed E-state index contributed by atoms with van der Waals surface area (Å²) in [5.74, 6) is 1.64. The van der Waals surface area contributed by atoms with Crippen molar-refractivity contribution in [2.75, 3.05) is 0 Å². The standard InChI is InChI=1S/C21H24/c1-2-6-17-9-11-19(12-10-17)21-15-13-20(14-16-21)18-7-4-3-5-8-18/h2-5,7-8,13-17,19H,1,6,9-12H2/t17-,19-. The molecule has 0 aliphatic heterocycles. The molecular weight excluding hydrogens is 252 g/mol. The quantitative estimate of drug-likeness (QED) is 0.583. The van der Waals surface area contributed by atoms with Crippen LogP contribution in [0.15, 0.2) is 67.3 Å². The van der Waals surface area contributed by atoms with Gasteiger partial charge in [-0.05, 0) is 60.6 Å². The van der Waals surface area contributed by atoms with Crippen molar-refractivity contribution >= 4 is 0 Å². The lowest BCUT2D eigenvalue weighted by Crippen LogP contribution is -2.12. The van der Waals surface area contributed by atoms with Crippen LogP contribution in [0.2, 0.25) is 0 Å². The zero-order valence-electron chi connectivity index (χ0n) is 12.7. The van der Waals surface area contributed by atoms with Crippen LogP contribution in [0.1, 0.15) is 43.6 Å². The topological polar surface area (TPSA) is 0 Å². The fourth-order valence-corrected chi connectivity index (χ4v) is 3.55. The lowest BCUT2D eigenvalue weighted by molar-refractivity contribution is 0.328. The van der Waals surface area contributed by atoms with Gasteiger partial charge in [0.1, 0.15) is 0 Å². The van der Waals surface area contributed by atoms with Crippen molar-refractivity contribution in [3.8, 4) is 11.1 Å². The zero-order valence-corrected chi connectivity index (χ0v) is 12.7. The Morgan fingerprint density at radius 1 is 0.810 bits per heavy atom. The van der Waals surface area contributed by atoms with Crippen molar-refractivity contribution in [3.63, 3.8) is 0 Å². The summed E-state index contributed by atoms with van der Waals surface area (Å²) in [6.07, 6.45) is 8.67. The van der Waals surface area contributed by atoms with E-state index < -0.39 is 0 Å². The SMILES string of the molecule is C=CC[C@H]1CC[C@H](c2ccc(-c3ccccc3)cc2)CC1. The fraction of sp³-hybridized carbons (Fsp3) is 0.333. The fourth-order valence-electron chi connectivity index (χ4n) is 3.55. The maximum atomic E-state index is 3.87. The molecule has 0 heteroatoms. The van der Waals surface area contributed by atoms with Crippen LogP contribution >= 0.6 is 0 Å². The van der Waals surface area contributed by atoms with Crippen LogP contribution in [-0.2, 0) is 0 Å². The van der Waals surface area contributed by atoms with Gasteiger partial charge in [-0.15, -0.1) is 6.58 Å². The first kappa shape index (κ1) is 14.1. The normalized spacial score (nSPS) is 21.9. The average Bonchev–Trinajstić information content (AvgIpc) is 2.57. The van der Waals surface area contributed by atoms with Crippen molar-refractivity contribution in [1.29, 1.82) is 0 Å². The minimum absolute atomic E-state index is 0.760. The predicted octanol–water partition coefficient (Wildman–Crippen LogP) is 6.20. The van der Waals surface area contributed by atoms with Gasteiger partial charge in [-0.25, -0.2) is 0 Å². The third-order valence-electron chi connectivity index (χ3n) is 4.84. The van der Waals surface area contributed by atoms with Crippen molar-refractivity contribution in [2.24, 2.45) is 5.92 Å². The van der Waals surface area contributed by atoms with E-state index >= 15 is 0 Å². The molecule has 2 aromatic carbocycles. The molecule has 0 aromatic heterocycles. The van der Waals surface area contributed by atoms with Gasteiger partial charge in [0.15, 0.2) is 0 Å². The summed E-state index contributed by atoms with van der Waals surface area (Å²) in [5, 5.41) is 0. The van der Waals surface area contributed by atoms with Gasteiger partial charge in [-0.2, -0.15) is 0 Å². The van der Waals surface area contributed by atoms with E-state index in [0.717, 1.165) is 11.8 Å². The van der Waals surface area contributed by atoms with Gasteiger partial charge in [0.25, 0.3) is 0 Å². The summed E-state index contributed by atoms with van der Waals surface area (Å²) in [7, 11) is 0. The molecule has 0 amide bonds. The Hall–Kier alpha value is -1.82. The van der Waals surface area contributed by atoms with E-state index in [4.69, 9.17) is 0 Å². The third kappa shape index (κ3) is 3.44. The number of hydrogen-bond donors (Lipinski definition) is 0. The molecule has 0 unspecified atom stereocenters. The summed E-state index contributed by atoms with van der Waals surface area (Å²) in [6, 6.07) is 19.8. The smallest absolute Gasteiger partial charge is 0.0162 e. The molecule has 0 nitrogen and oxygen atoms in total. The molecule has 0 bridgehead atoms. The molecule has 1 aliphatic rings. The molecule has 2 aromatic rings. The van der Waals surface area contributed by atoms with Crippen LogP contribution < -0.4 is 0 Å². The highest BCUT2D eigenvalue weighted by molar-refractivity contribution is 5.63. The van der Waals surface area contributed by atoms with Crippen LogP contribution in [0.25, 0.3) is 11.1 Å². The summed E-state index contributed by atoms with van der Waals surface area (Å²) in [6.45, 7) is 3.87. The highest BCUT2D eigenvalue weighted by atomic mass is 14.3. The van der Waals surface area contributed by atoms with Crippen LogP contribution in [0.5, 0.6) is 0 Å². The van der Waals surface area contributed by atoms with Gasteiger partial charge in [0.05, 0.1) is 0 Å². The molecule has 0 heterocycles. The van der Waals surface area contributed by atoms with E-state index in [1.807, 2.05) is 0 Å². The molecule has 1 fully saturated rings. The van der Waals surface area contributed by atoms with Gasteiger partial charge in [0, 0.05) is 0 Å². The summed E-state index contributed by atoms with van der Waals surface area (Å²) in [5.41, 5.74) is 4.14. The largest absolute Gasteiger partial charge is 0.103 e. The average molecular weight is 276 g/mol. The maximum Gasteiger partial charge on any atom is -0.0162 e. The molecule has 1 saturated carbocycles. The molecule has 108 valence electrons. The van der Waals surface area contributed by atoms with Gasteiger partial charge in [-0.1, -0.05) is 60.7 Å². The lowest BCUT2D eigenvalue weighted by Gasteiger charge is -2.28. The third-order valence-corrected chi connectivity index (χ3v) is 4.84. The van der Waals surface area contributed by atoms with E-state index in [0.29, 0.717) is 0 Å². The molecule has 0 radical (unpaired) electrons. The highest BCUT2D eigenvalue weighted by Gasteiger charge is 2.21. The van der Waals surface area contributed by atoms with Gasteiger partial charge in [0.2, 0.25) is 0 Å². The van der Waals surface area contributed by atoms with Crippen LogP contribution in [0, 0.1) is 5.92 Å². The first-order chi connectivity index (χ1) is 10.4. The van der Waals surface area contributed by atoms with Crippen LogP contribution in [-0.4, -0.2) is 0 Å². The highest BCUT2D eigenvalue weighted by Crippen LogP contribution is 2.37. The lowest BCUT2D eigenvalue weighted by atomic mass is 9.77. The van der Waals surface area contributed by atoms with E-state index in [2.05, 4.69) is 67.3 Å². The van der Waals surface area contributed by atoms with E-state index in [9.17, 15) is 0 Å². The monoisotopic (exact) mass is 276 g/mol. The molecule has 0 spiro atoms. The van der Waals surface area contributed by atoms with E-state index in [1.54, 1.807) is 0 Å². The Morgan fingerprint density at radius 3 is 2.05 bits per heavy atom. The summed E-state index contributed by atoms with van der Waals surface area (Å²) < 4.78 is 0. The number of allylic oxidation sites excluding steroid dienone is 1. The first-order valence-electron chi connectivity index (χ1n) is 8.13. The second-order valence-corrected chi connectivity index (χ2v) is 6.23. The van der Waals surface area contributed by atoms with Crippen LogP contribution in [0.4, 0.5) is 0 Å². The zero-order chi connectivity index (χ0) is 14.5. The molecule has 0 N–H and O–H groups in total. The van der Waals surface area contributed by atoms with Gasteiger partial charge >= 0.3 is 0 Å². The molecule has 0 saturated heterocycles. The Balaban J connectivity index is 1.67. The minimum atomic E-state index is 0.760. The van der Waals surface area contributed by atoms with Crippen LogP contribution in [0.3, 0.4) is 0 Å². The minimum Gasteiger partial charge on any atom is -0.103 e. The Bertz CT molecular complexity index is 557. The number of benzene rings is 2. The second kappa shape index (κ2) is 6.76. The van der Waals surface area contributed by atoms with E-state index in [1.165, 1.54) is 48.8 Å². The van der Waals surface area contributed by atoms with E-state index in [-0.39, 0.29) is 0 Å². The second-order valence-electron chi connectivity index (χ2n) is 6.23. The van der Waals surface area contributed by atoms with Crippen molar-refractivity contribution in [3.05, 3.63) is 72.8 Å². The molecule has 0 atom stereocenters. The number of rotatable bonds is 4. The van der Waals surface area contributed by atoms with Crippen molar-refractivity contribution in [2.45, 2.75) is 38.0 Å². The predicted molar refractivity (Wildman–Crippen MR) is 91.4 cm³/mol. The summed E-state index contributed by atoms with van der Waals surface area (Å²) >= 11 is 0. The molecular formula is C21H24. The van der Waals surface area contributed by atoms with Gasteiger partial charge in [-0.3, -0.25) is 0 Å². The summed E-state index contributed by atoms with van der Waals surface area (Å²) in [4.78, 5) is 0. The van der Waals surface area contributed by atoms with Crippen molar-refractivity contribution in [1.82, 2.24) is 0 Å². The number of hydrogen-bond acceptors (Lipinski definition) is 0. The molecule has 3 rings (SSSR count). The maximum absolute atomic E-state index is 3.87. The first-order valence-corrected chi connectivity index (χ1v) is 8.13. The Kier molecular flexibility index (Phi) is 4.55. The Labute approximate surface area is 128 Å².